The van der Waals surface area contributed by atoms with E-state index in [1.165, 1.54) is 0 Å². The molecule has 1 amide bonds. The average Bonchev–Trinajstić information content (AvgIpc) is 2.89. The van der Waals surface area contributed by atoms with E-state index in [2.05, 4.69) is 10.2 Å². The van der Waals surface area contributed by atoms with Crippen LogP contribution in [-0.4, -0.2) is 74.2 Å². The largest absolute Gasteiger partial charge is 0.379 e. The summed E-state index contributed by atoms with van der Waals surface area (Å²) < 4.78 is 5.33. The zero-order valence-corrected chi connectivity index (χ0v) is 11.4. The van der Waals surface area contributed by atoms with E-state index in [4.69, 9.17) is 4.74 Å². The number of carbonyl (C=O) groups excluding carboxylic acids is 1. The van der Waals surface area contributed by atoms with Gasteiger partial charge in [-0.05, 0) is 19.4 Å². The fourth-order valence-corrected chi connectivity index (χ4v) is 2.79. The molecular formula is C13H25N3O2. The van der Waals surface area contributed by atoms with Crippen molar-refractivity contribution < 1.29 is 9.53 Å². The van der Waals surface area contributed by atoms with Crippen molar-refractivity contribution in [1.29, 1.82) is 0 Å². The van der Waals surface area contributed by atoms with Crippen LogP contribution in [0.3, 0.4) is 0 Å². The first-order valence-electron chi connectivity index (χ1n) is 7.05. The summed E-state index contributed by atoms with van der Waals surface area (Å²) in [5.74, 6) is 0.214. The maximum Gasteiger partial charge on any atom is 0.219 e. The van der Waals surface area contributed by atoms with Gasteiger partial charge in [0.1, 0.15) is 0 Å². The van der Waals surface area contributed by atoms with Crippen molar-refractivity contribution in [3.05, 3.63) is 0 Å². The predicted octanol–water partition coefficient (Wildman–Crippen LogP) is -0.0809. The molecule has 0 spiro atoms. The van der Waals surface area contributed by atoms with Crippen LogP contribution in [0.2, 0.25) is 0 Å². The molecule has 0 aromatic rings. The number of amides is 1. The lowest BCUT2D eigenvalue weighted by atomic mass is 10.2. The van der Waals surface area contributed by atoms with Crippen molar-refractivity contribution in [1.82, 2.24) is 15.1 Å². The molecule has 5 nitrogen and oxygen atoms in total. The van der Waals surface area contributed by atoms with E-state index in [0.717, 1.165) is 65.3 Å². The van der Waals surface area contributed by atoms with Gasteiger partial charge in [-0.2, -0.15) is 0 Å². The van der Waals surface area contributed by atoms with Crippen LogP contribution in [0.4, 0.5) is 0 Å². The molecule has 2 aliphatic heterocycles. The molecule has 0 aromatic heterocycles. The molecule has 2 heterocycles. The quantitative estimate of drug-likeness (QED) is 0.746. The van der Waals surface area contributed by atoms with Crippen LogP contribution in [-0.2, 0) is 9.53 Å². The third-order valence-corrected chi connectivity index (χ3v) is 3.86. The molecule has 2 saturated heterocycles. The Bertz CT molecular complexity index is 261. The number of morpholine rings is 1. The molecule has 104 valence electrons. The van der Waals surface area contributed by atoms with Gasteiger partial charge in [0.25, 0.3) is 0 Å². The van der Waals surface area contributed by atoms with E-state index in [1.54, 1.807) is 6.92 Å². The minimum atomic E-state index is 0.214. The minimum Gasteiger partial charge on any atom is -0.379 e. The highest BCUT2D eigenvalue weighted by atomic mass is 16.5. The topological polar surface area (TPSA) is 44.8 Å². The highest BCUT2D eigenvalue weighted by Gasteiger charge is 2.24. The summed E-state index contributed by atoms with van der Waals surface area (Å²) in [7, 11) is 0. The van der Waals surface area contributed by atoms with Crippen LogP contribution >= 0.6 is 0 Å². The Morgan fingerprint density at radius 3 is 2.83 bits per heavy atom. The summed E-state index contributed by atoms with van der Waals surface area (Å²) in [5.41, 5.74) is 0. The second kappa shape index (κ2) is 7.07. The lowest BCUT2D eigenvalue weighted by molar-refractivity contribution is -0.130. The Hall–Kier alpha value is -0.650. The smallest absolute Gasteiger partial charge is 0.219 e. The summed E-state index contributed by atoms with van der Waals surface area (Å²) >= 11 is 0. The summed E-state index contributed by atoms with van der Waals surface area (Å²) in [4.78, 5) is 16.1. The van der Waals surface area contributed by atoms with E-state index in [0.29, 0.717) is 6.04 Å². The normalized spacial score (nSPS) is 25.3. The van der Waals surface area contributed by atoms with Crippen molar-refractivity contribution in [3.63, 3.8) is 0 Å². The maximum absolute atomic E-state index is 11.7. The van der Waals surface area contributed by atoms with Gasteiger partial charge in [0.2, 0.25) is 5.91 Å². The monoisotopic (exact) mass is 255 g/mol. The highest BCUT2D eigenvalue weighted by molar-refractivity contribution is 5.73. The lowest BCUT2D eigenvalue weighted by Gasteiger charge is -2.30. The SMILES string of the molecule is CC(=O)N(CCCN1CCOCC1)C1CCNC1. The van der Waals surface area contributed by atoms with Gasteiger partial charge in [-0.3, -0.25) is 9.69 Å². The first-order valence-corrected chi connectivity index (χ1v) is 7.05. The second-order valence-electron chi connectivity index (χ2n) is 5.17. The fourth-order valence-electron chi connectivity index (χ4n) is 2.79. The van der Waals surface area contributed by atoms with E-state index >= 15 is 0 Å². The first-order chi connectivity index (χ1) is 8.77. The standard InChI is InChI=1S/C13H25N3O2/c1-12(17)16(13-3-4-14-11-13)6-2-5-15-7-9-18-10-8-15/h13-14H,2-11H2,1H3. The molecule has 2 fully saturated rings. The van der Waals surface area contributed by atoms with E-state index in [-0.39, 0.29) is 5.91 Å². The average molecular weight is 255 g/mol. The number of hydrogen-bond donors (Lipinski definition) is 1. The van der Waals surface area contributed by atoms with Crippen LogP contribution in [0.25, 0.3) is 0 Å². The minimum absolute atomic E-state index is 0.214. The second-order valence-corrected chi connectivity index (χ2v) is 5.17. The van der Waals surface area contributed by atoms with Crippen LogP contribution in [0.5, 0.6) is 0 Å². The molecule has 5 heteroatoms. The molecule has 0 aromatic carbocycles. The highest BCUT2D eigenvalue weighted by Crippen LogP contribution is 2.10. The van der Waals surface area contributed by atoms with Gasteiger partial charge in [-0.1, -0.05) is 0 Å². The van der Waals surface area contributed by atoms with Gasteiger partial charge < -0.3 is 15.0 Å². The molecule has 2 aliphatic rings. The summed E-state index contributed by atoms with van der Waals surface area (Å²) in [6, 6.07) is 0.409. The molecule has 0 radical (unpaired) electrons. The third kappa shape index (κ3) is 3.93. The maximum atomic E-state index is 11.7. The summed E-state index contributed by atoms with van der Waals surface area (Å²) in [6.07, 6.45) is 2.16. The Balaban J connectivity index is 1.70. The fraction of sp³-hybridized carbons (Fsp3) is 0.923. The first kappa shape index (κ1) is 13.8. The molecule has 0 bridgehead atoms. The van der Waals surface area contributed by atoms with Crippen molar-refractivity contribution >= 4 is 5.91 Å². The summed E-state index contributed by atoms with van der Waals surface area (Å²) in [6.45, 7) is 9.41. The van der Waals surface area contributed by atoms with E-state index in [9.17, 15) is 4.79 Å². The number of nitrogens with one attached hydrogen (secondary N) is 1. The van der Waals surface area contributed by atoms with Gasteiger partial charge in [0.05, 0.1) is 13.2 Å². The number of nitrogens with zero attached hydrogens (tertiary/aromatic N) is 2. The zero-order valence-electron chi connectivity index (χ0n) is 11.4. The predicted molar refractivity (Wildman–Crippen MR) is 70.5 cm³/mol. The van der Waals surface area contributed by atoms with Crippen LogP contribution in [0.15, 0.2) is 0 Å². The van der Waals surface area contributed by atoms with Crippen LogP contribution in [0, 0.1) is 0 Å². The molecular weight excluding hydrogens is 230 g/mol. The van der Waals surface area contributed by atoms with Crippen molar-refractivity contribution in [2.75, 3.05) is 52.5 Å². The Morgan fingerprint density at radius 1 is 1.44 bits per heavy atom. The lowest BCUT2D eigenvalue weighted by Crippen LogP contribution is -2.43. The number of hydrogen-bond acceptors (Lipinski definition) is 4. The molecule has 0 aliphatic carbocycles. The third-order valence-electron chi connectivity index (χ3n) is 3.86. The number of rotatable bonds is 5. The van der Waals surface area contributed by atoms with E-state index < -0.39 is 0 Å². The zero-order chi connectivity index (χ0) is 12.8. The van der Waals surface area contributed by atoms with Gasteiger partial charge in [-0.15, -0.1) is 0 Å². The molecule has 18 heavy (non-hydrogen) atoms. The molecule has 1 atom stereocenters. The molecule has 0 saturated carbocycles. The Morgan fingerprint density at radius 2 is 2.22 bits per heavy atom. The van der Waals surface area contributed by atoms with Gasteiger partial charge in [0.15, 0.2) is 0 Å². The van der Waals surface area contributed by atoms with Crippen molar-refractivity contribution in [3.8, 4) is 0 Å². The summed E-state index contributed by atoms with van der Waals surface area (Å²) in [5, 5.41) is 3.33. The van der Waals surface area contributed by atoms with Crippen LogP contribution in [0.1, 0.15) is 19.8 Å². The number of ether oxygens (including phenoxy) is 1. The number of carbonyl (C=O) groups is 1. The molecule has 1 N–H and O–H groups in total. The van der Waals surface area contributed by atoms with Gasteiger partial charge >= 0.3 is 0 Å². The molecule has 1 unspecified atom stereocenters. The Labute approximate surface area is 109 Å². The van der Waals surface area contributed by atoms with E-state index in [1.807, 2.05) is 4.90 Å². The van der Waals surface area contributed by atoms with Crippen molar-refractivity contribution in [2.24, 2.45) is 0 Å². The van der Waals surface area contributed by atoms with Crippen LogP contribution < -0.4 is 5.32 Å². The van der Waals surface area contributed by atoms with Crippen molar-refractivity contribution in [2.45, 2.75) is 25.8 Å². The van der Waals surface area contributed by atoms with Gasteiger partial charge in [-0.25, -0.2) is 0 Å². The van der Waals surface area contributed by atoms with Gasteiger partial charge in [0, 0.05) is 45.7 Å². The molecule has 2 rings (SSSR count). The Kier molecular flexibility index (Phi) is 5.41.